The van der Waals surface area contributed by atoms with Crippen molar-refractivity contribution in [1.82, 2.24) is 14.6 Å². The summed E-state index contributed by atoms with van der Waals surface area (Å²) < 4.78 is 4.25. The predicted molar refractivity (Wildman–Crippen MR) is 105 cm³/mol. The molecule has 2 bridgehead atoms. The van der Waals surface area contributed by atoms with Gasteiger partial charge in [0, 0.05) is 36.2 Å². The Kier molecular flexibility index (Phi) is 4.84. The Bertz CT molecular complexity index is 746. The fourth-order valence-electron chi connectivity index (χ4n) is 4.94. The number of carbonyl (C=O) groups is 1. The number of fused-ring (bicyclic) bond motifs is 2. The van der Waals surface area contributed by atoms with E-state index in [0.717, 1.165) is 25.8 Å². The lowest BCUT2D eigenvalue weighted by atomic mass is 9.69. The number of rotatable bonds is 6. The predicted octanol–water partition coefficient (Wildman–Crippen LogP) is 3.63. The topological polar surface area (TPSA) is 45.2 Å². The fraction of sp³-hybridized carbons (Fsp3) is 0.524. The lowest BCUT2D eigenvalue weighted by Crippen LogP contribution is -2.52. The van der Waals surface area contributed by atoms with Crippen LogP contribution in [-0.2, 0) is 17.8 Å². The summed E-state index contributed by atoms with van der Waals surface area (Å²) >= 11 is 1.51. The first kappa shape index (κ1) is 17.7. The SMILES string of the molecule is CC(C)NC(=O)[C@]1(Cc2ccccc2)C[C@@H]2CC[C@H]1N2Cc1cnsc1. The molecule has 4 rings (SSSR count). The van der Waals surface area contributed by atoms with Crippen LogP contribution in [0.4, 0.5) is 0 Å². The Labute approximate surface area is 159 Å². The molecule has 2 saturated heterocycles. The largest absolute Gasteiger partial charge is 0.353 e. The van der Waals surface area contributed by atoms with Crippen LogP contribution in [0.15, 0.2) is 41.9 Å². The van der Waals surface area contributed by atoms with Crippen molar-refractivity contribution in [3.63, 3.8) is 0 Å². The van der Waals surface area contributed by atoms with Crippen LogP contribution in [0, 0.1) is 5.41 Å². The van der Waals surface area contributed by atoms with Gasteiger partial charge in [0.1, 0.15) is 0 Å². The van der Waals surface area contributed by atoms with Crippen LogP contribution in [0.2, 0.25) is 0 Å². The quantitative estimate of drug-likeness (QED) is 0.846. The number of aromatic nitrogens is 1. The third kappa shape index (κ3) is 3.19. The average Bonchev–Trinajstić information content (AvgIpc) is 3.32. The second-order valence-corrected chi connectivity index (χ2v) is 8.76. The summed E-state index contributed by atoms with van der Waals surface area (Å²) in [5.74, 6) is 0.233. The van der Waals surface area contributed by atoms with E-state index < -0.39 is 0 Å². The van der Waals surface area contributed by atoms with E-state index in [1.165, 1.54) is 29.1 Å². The zero-order valence-electron chi connectivity index (χ0n) is 15.5. The highest BCUT2D eigenvalue weighted by molar-refractivity contribution is 7.03. The Hall–Kier alpha value is -1.72. The van der Waals surface area contributed by atoms with Gasteiger partial charge in [-0.25, -0.2) is 4.37 Å². The minimum absolute atomic E-state index is 0.170. The van der Waals surface area contributed by atoms with E-state index in [9.17, 15) is 4.79 Å². The molecular weight excluding hydrogens is 342 g/mol. The van der Waals surface area contributed by atoms with Gasteiger partial charge in [-0.1, -0.05) is 30.3 Å². The van der Waals surface area contributed by atoms with Crippen molar-refractivity contribution in [2.75, 3.05) is 0 Å². The lowest BCUT2D eigenvalue weighted by molar-refractivity contribution is -0.133. The van der Waals surface area contributed by atoms with Crippen molar-refractivity contribution in [3.05, 3.63) is 53.0 Å². The molecule has 1 aromatic heterocycles. The van der Waals surface area contributed by atoms with Gasteiger partial charge in [-0.15, -0.1) is 0 Å². The smallest absolute Gasteiger partial charge is 0.228 e. The molecule has 0 saturated carbocycles. The van der Waals surface area contributed by atoms with Crippen molar-refractivity contribution >= 4 is 17.4 Å². The van der Waals surface area contributed by atoms with Crippen LogP contribution in [0.3, 0.4) is 0 Å². The third-order valence-corrected chi connectivity index (χ3v) is 6.60. The number of benzene rings is 1. The highest BCUT2D eigenvalue weighted by Gasteiger charge is 2.59. The molecule has 0 unspecified atom stereocenters. The minimum Gasteiger partial charge on any atom is -0.353 e. The van der Waals surface area contributed by atoms with E-state index >= 15 is 0 Å². The van der Waals surface area contributed by atoms with Crippen LogP contribution >= 0.6 is 11.5 Å². The Morgan fingerprint density at radius 1 is 1.31 bits per heavy atom. The summed E-state index contributed by atoms with van der Waals surface area (Å²) in [6, 6.07) is 11.5. The van der Waals surface area contributed by atoms with E-state index in [4.69, 9.17) is 0 Å². The molecule has 2 aromatic rings. The van der Waals surface area contributed by atoms with Gasteiger partial charge in [-0.3, -0.25) is 9.69 Å². The monoisotopic (exact) mass is 369 g/mol. The Morgan fingerprint density at radius 3 is 2.81 bits per heavy atom. The zero-order chi connectivity index (χ0) is 18.1. The van der Waals surface area contributed by atoms with Crippen molar-refractivity contribution < 1.29 is 4.79 Å². The van der Waals surface area contributed by atoms with E-state index in [0.29, 0.717) is 12.1 Å². The third-order valence-electron chi connectivity index (χ3n) is 5.96. The molecule has 1 amide bonds. The highest BCUT2D eigenvalue weighted by Crippen LogP contribution is 2.52. The number of nitrogens with zero attached hydrogens (tertiary/aromatic N) is 2. The second-order valence-electron chi connectivity index (χ2n) is 8.10. The van der Waals surface area contributed by atoms with Gasteiger partial charge >= 0.3 is 0 Å². The number of carbonyl (C=O) groups excluding carboxylic acids is 1. The minimum atomic E-state index is -0.321. The molecule has 1 aromatic carbocycles. The molecule has 2 fully saturated rings. The van der Waals surface area contributed by atoms with Gasteiger partial charge < -0.3 is 5.32 Å². The molecule has 0 spiro atoms. The van der Waals surface area contributed by atoms with Gasteiger partial charge in [0.15, 0.2) is 0 Å². The highest BCUT2D eigenvalue weighted by atomic mass is 32.1. The van der Waals surface area contributed by atoms with Crippen LogP contribution in [0.5, 0.6) is 0 Å². The molecule has 2 aliphatic heterocycles. The molecule has 0 aliphatic carbocycles. The number of hydrogen-bond acceptors (Lipinski definition) is 4. The van der Waals surface area contributed by atoms with Crippen LogP contribution in [0.1, 0.15) is 44.2 Å². The summed E-state index contributed by atoms with van der Waals surface area (Å²) in [7, 11) is 0. The zero-order valence-corrected chi connectivity index (χ0v) is 16.3. The first-order valence-corrected chi connectivity index (χ1v) is 10.4. The van der Waals surface area contributed by atoms with Crippen molar-refractivity contribution in [3.8, 4) is 0 Å². The van der Waals surface area contributed by atoms with Gasteiger partial charge in [0.25, 0.3) is 0 Å². The van der Waals surface area contributed by atoms with Crippen molar-refractivity contribution in [2.45, 2.75) is 64.2 Å². The molecule has 2 aliphatic rings. The van der Waals surface area contributed by atoms with E-state index in [-0.39, 0.29) is 17.4 Å². The molecule has 0 radical (unpaired) electrons. The van der Waals surface area contributed by atoms with E-state index in [1.807, 2.05) is 12.3 Å². The van der Waals surface area contributed by atoms with Gasteiger partial charge in [0.05, 0.1) is 5.41 Å². The van der Waals surface area contributed by atoms with Crippen molar-refractivity contribution in [1.29, 1.82) is 0 Å². The molecule has 138 valence electrons. The van der Waals surface area contributed by atoms with E-state index in [2.05, 4.69) is 58.1 Å². The average molecular weight is 370 g/mol. The van der Waals surface area contributed by atoms with Crippen LogP contribution < -0.4 is 5.32 Å². The number of hydrogen-bond donors (Lipinski definition) is 1. The van der Waals surface area contributed by atoms with Crippen LogP contribution in [0.25, 0.3) is 0 Å². The maximum atomic E-state index is 13.4. The first-order chi connectivity index (χ1) is 12.6. The molecular formula is C21H27N3OS. The number of amides is 1. The molecule has 3 heterocycles. The van der Waals surface area contributed by atoms with Gasteiger partial charge in [-0.2, -0.15) is 0 Å². The summed E-state index contributed by atoms with van der Waals surface area (Å²) in [4.78, 5) is 15.9. The summed E-state index contributed by atoms with van der Waals surface area (Å²) in [5.41, 5.74) is 2.21. The molecule has 3 atom stereocenters. The van der Waals surface area contributed by atoms with Crippen LogP contribution in [-0.4, -0.2) is 33.3 Å². The van der Waals surface area contributed by atoms with E-state index in [1.54, 1.807) is 0 Å². The maximum absolute atomic E-state index is 13.4. The fourth-order valence-corrected chi connectivity index (χ4v) is 5.47. The Balaban J connectivity index is 1.64. The normalized spacial score (nSPS) is 28.0. The molecule has 4 nitrogen and oxygen atoms in total. The number of nitrogens with one attached hydrogen (secondary N) is 1. The molecule has 1 N–H and O–H groups in total. The van der Waals surface area contributed by atoms with Gasteiger partial charge in [-0.05, 0) is 62.2 Å². The lowest BCUT2D eigenvalue weighted by Gasteiger charge is -2.37. The summed E-state index contributed by atoms with van der Waals surface area (Å²) in [6.07, 6.45) is 6.07. The first-order valence-electron chi connectivity index (χ1n) is 9.57. The molecule has 5 heteroatoms. The standard InChI is InChI=1S/C21H27N3OS/c1-15(2)23-20(25)21(10-16-6-4-3-5-7-16)11-18-8-9-19(21)24(18)13-17-12-22-26-14-17/h3-7,12,14-15,18-19H,8-11,13H2,1-2H3,(H,23,25)/t18-,19+,21+/m0/s1. The van der Waals surface area contributed by atoms with Gasteiger partial charge in [0.2, 0.25) is 5.91 Å². The molecule has 26 heavy (non-hydrogen) atoms. The Morgan fingerprint density at radius 2 is 2.12 bits per heavy atom. The summed E-state index contributed by atoms with van der Waals surface area (Å²) in [6.45, 7) is 5.02. The maximum Gasteiger partial charge on any atom is 0.228 e. The van der Waals surface area contributed by atoms with Crippen molar-refractivity contribution in [2.24, 2.45) is 5.41 Å². The second kappa shape index (κ2) is 7.12. The summed E-state index contributed by atoms with van der Waals surface area (Å²) in [5, 5.41) is 5.36.